The van der Waals surface area contributed by atoms with Crippen LogP contribution < -0.4 is 5.32 Å². The highest BCUT2D eigenvalue weighted by atomic mass is 35.5. The highest BCUT2D eigenvalue weighted by Crippen LogP contribution is 2.17. The monoisotopic (exact) mass is 390 g/mol. The number of hydrogen-bond acceptors (Lipinski definition) is 4. The van der Waals surface area contributed by atoms with Gasteiger partial charge in [-0.2, -0.15) is 0 Å². The van der Waals surface area contributed by atoms with E-state index in [-0.39, 0.29) is 24.3 Å². The van der Waals surface area contributed by atoms with E-state index in [0.717, 1.165) is 31.7 Å². The second kappa shape index (κ2) is 13.3. The van der Waals surface area contributed by atoms with Gasteiger partial charge in [0.1, 0.15) is 6.61 Å². The first-order valence-corrected chi connectivity index (χ1v) is 9.43. The number of rotatable bonds is 11. The molecule has 27 heavy (non-hydrogen) atoms. The largest absolute Gasteiger partial charge is 0.464 e. The first-order chi connectivity index (χ1) is 12.7. The Morgan fingerprint density at radius 2 is 1.59 bits per heavy atom. The zero-order valence-electron chi connectivity index (χ0n) is 16.3. The summed E-state index contributed by atoms with van der Waals surface area (Å²) in [5.74, 6) is -0.458. The van der Waals surface area contributed by atoms with E-state index in [1.165, 1.54) is 5.56 Å². The zero-order valence-corrected chi connectivity index (χ0v) is 17.1. The summed E-state index contributed by atoms with van der Waals surface area (Å²) in [6, 6.07) is 20.1. The molecule has 0 aliphatic heterocycles. The molecule has 2 rings (SSSR count). The summed E-state index contributed by atoms with van der Waals surface area (Å²) in [4.78, 5) is 14.9. The Kier molecular flexibility index (Phi) is 11.4. The molecule has 0 aliphatic carbocycles. The molecule has 0 heterocycles. The Balaban J connectivity index is 0.00000364. The lowest BCUT2D eigenvalue weighted by molar-refractivity contribution is -0.145. The van der Waals surface area contributed by atoms with Gasteiger partial charge in [0.05, 0.1) is 5.92 Å². The van der Waals surface area contributed by atoms with E-state index in [4.69, 9.17) is 4.74 Å². The third-order valence-electron chi connectivity index (χ3n) is 4.55. The van der Waals surface area contributed by atoms with Crippen molar-refractivity contribution in [3.8, 4) is 0 Å². The molecule has 1 N–H and O–H groups in total. The van der Waals surface area contributed by atoms with Crippen LogP contribution in [0.15, 0.2) is 60.7 Å². The van der Waals surface area contributed by atoms with E-state index >= 15 is 0 Å². The zero-order chi connectivity index (χ0) is 18.6. The smallest absolute Gasteiger partial charge is 0.314 e. The molecular weight excluding hydrogens is 360 g/mol. The number of carbonyl (C=O) groups excluding carboxylic acids is 1. The van der Waals surface area contributed by atoms with Crippen molar-refractivity contribution in [2.24, 2.45) is 0 Å². The van der Waals surface area contributed by atoms with E-state index in [9.17, 15) is 4.79 Å². The standard InChI is InChI=1S/C22H30N2O2.ClH/c1-3-24(4-2)15-16-26-22(25)21(20-13-9-6-10-14-20)18-23-17-19-11-7-5-8-12-19;/h5-14,21,23H,3-4,15-18H2,1-2H3;1H. The van der Waals surface area contributed by atoms with Crippen molar-refractivity contribution in [3.05, 3.63) is 71.8 Å². The maximum atomic E-state index is 12.7. The SMILES string of the molecule is CCN(CC)CCOC(=O)C(CNCc1ccccc1)c1ccccc1.Cl. The molecule has 0 spiro atoms. The highest BCUT2D eigenvalue weighted by molar-refractivity contribution is 5.85. The maximum absolute atomic E-state index is 12.7. The molecule has 148 valence electrons. The van der Waals surface area contributed by atoms with E-state index < -0.39 is 0 Å². The topological polar surface area (TPSA) is 41.6 Å². The number of benzene rings is 2. The number of esters is 1. The summed E-state index contributed by atoms with van der Waals surface area (Å²) >= 11 is 0. The van der Waals surface area contributed by atoms with Crippen LogP contribution in [0.4, 0.5) is 0 Å². The van der Waals surface area contributed by atoms with Gasteiger partial charge in [-0.05, 0) is 24.2 Å². The molecule has 2 aromatic carbocycles. The number of hydrogen-bond donors (Lipinski definition) is 1. The van der Waals surface area contributed by atoms with E-state index in [2.05, 4.69) is 36.2 Å². The van der Waals surface area contributed by atoms with Crippen molar-refractivity contribution in [1.29, 1.82) is 0 Å². The van der Waals surface area contributed by atoms with Crippen LogP contribution in [-0.4, -0.2) is 43.7 Å². The first kappa shape index (κ1) is 23.2. The minimum atomic E-state index is -0.295. The van der Waals surface area contributed by atoms with Crippen molar-refractivity contribution in [3.63, 3.8) is 0 Å². The molecule has 2 aromatic rings. The minimum Gasteiger partial charge on any atom is -0.464 e. The summed E-state index contributed by atoms with van der Waals surface area (Å²) in [5, 5.41) is 3.39. The lowest BCUT2D eigenvalue weighted by atomic mass is 9.99. The van der Waals surface area contributed by atoms with Gasteiger partial charge in [-0.1, -0.05) is 74.5 Å². The van der Waals surface area contributed by atoms with Crippen molar-refractivity contribution < 1.29 is 9.53 Å². The van der Waals surface area contributed by atoms with Crippen LogP contribution in [0.1, 0.15) is 30.9 Å². The van der Waals surface area contributed by atoms with Crippen molar-refractivity contribution in [1.82, 2.24) is 10.2 Å². The van der Waals surface area contributed by atoms with E-state index in [1.54, 1.807) is 0 Å². The number of halogens is 1. The summed E-state index contributed by atoms with van der Waals surface area (Å²) in [5.41, 5.74) is 2.19. The molecule has 4 nitrogen and oxygen atoms in total. The average Bonchev–Trinajstić information content (AvgIpc) is 2.70. The number of carbonyl (C=O) groups is 1. The number of nitrogens with zero attached hydrogens (tertiary/aromatic N) is 1. The average molecular weight is 391 g/mol. The predicted octanol–water partition coefficient (Wildman–Crippen LogP) is 3.87. The van der Waals surface area contributed by atoms with Gasteiger partial charge in [0, 0.05) is 19.6 Å². The summed E-state index contributed by atoms with van der Waals surface area (Å²) in [6.45, 7) is 8.67. The molecule has 0 aliphatic rings. The molecule has 0 saturated carbocycles. The second-order valence-electron chi connectivity index (χ2n) is 6.27. The summed E-state index contributed by atoms with van der Waals surface area (Å²) < 4.78 is 5.57. The Bertz CT molecular complexity index is 633. The first-order valence-electron chi connectivity index (χ1n) is 9.43. The van der Waals surface area contributed by atoms with Gasteiger partial charge in [0.25, 0.3) is 0 Å². The fourth-order valence-electron chi connectivity index (χ4n) is 2.90. The Morgan fingerprint density at radius 3 is 2.19 bits per heavy atom. The molecule has 1 atom stereocenters. The fourth-order valence-corrected chi connectivity index (χ4v) is 2.90. The molecule has 0 saturated heterocycles. The highest BCUT2D eigenvalue weighted by Gasteiger charge is 2.21. The van der Waals surface area contributed by atoms with Crippen molar-refractivity contribution in [2.75, 3.05) is 32.8 Å². The van der Waals surface area contributed by atoms with Crippen LogP contribution in [0.3, 0.4) is 0 Å². The van der Waals surface area contributed by atoms with Crippen molar-refractivity contribution in [2.45, 2.75) is 26.3 Å². The van der Waals surface area contributed by atoms with E-state index in [1.807, 2.05) is 48.5 Å². The molecule has 1 unspecified atom stereocenters. The van der Waals surface area contributed by atoms with Gasteiger partial charge < -0.3 is 15.0 Å². The van der Waals surface area contributed by atoms with E-state index in [0.29, 0.717) is 13.2 Å². The maximum Gasteiger partial charge on any atom is 0.314 e. The molecule has 0 amide bonds. The van der Waals surface area contributed by atoms with Gasteiger partial charge in [-0.3, -0.25) is 4.79 Å². The van der Waals surface area contributed by atoms with Gasteiger partial charge in [0.2, 0.25) is 0 Å². The van der Waals surface area contributed by atoms with Crippen LogP contribution in [0.5, 0.6) is 0 Å². The molecular formula is C22H31ClN2O2. The fraction of sp³-hybridized carbons (Fsp3) is 0.409. The normalized spacial score (nSPS) is 11.7. The Hall–Kier alpha value is -1.88. The second-order valence-corrected chi connectivity index (χ2v) is 6.27. The van der Waals surface area contributed by atoms with Gasteiger partial charge >= 0.3 is 5.97 Å². The van der Waals surface area contributed by atoms with Gasteiger partial charge in [0.15, 0.2) is 0 Å². The van der Waals surface area contributed by atoms with Crippen LogP contribution in [-0.2, 0) is 16.1 Å². The van der Waals surface area contributed by atoms with Crippen LogP contribution in [0.25, 0.3) is 0 Å². The molecule has 0 bridgehead atoms. The molecule has 0 fully saturated rings. The van der Waals surface area contributed by atoms with Crippen LogP contribution in [0.2, 0.25) is 0 Å². The quantitative estimate of drug-likeness (QED) is 0.591. The van der Waals surface area contributed by atoms with Crippen LogP contribution in [0, 0.1) is 0 Å². The van der Waals surface area contributed by atoms with Crippen molar-refractivity contribution >= 4 is 18.4 Å². The summed E-state index contributed by atoms with van der Waals surface area (Å²) in [6.07, 6.45) is 0. The minimum absolute atomic E-state index is 0. The number of likely N-dealkylation sites (N-methyl/N-ethyl adjacent to an activating group) is 1. The molecule has 0 aromatic heterocycles. The van der Waals surface area contributed by atoms with Crippen LogP contribution >= 0.6 is 12.4 Å². The number of ether oxygens (including phenoxy) is 1. The van der Waals surface area contributed by atoms with Gasteiger partial charge in [-0.25, -0.2) is 0 Å². The Labute approximate surface area is 169 Å². The molecule has 0 radical (unpaired) electrons. The summed E-state index contributed by atoms with van der Waals surface area (Å²) in [7, 11) is 0. The van der Waals surface area contributed by atoms with Gasteiger partial charge in [-0.15, -0.1) is 12.4 Å². The third-order valence-corrected chi connectivity index (χ3v) is 4.55. The lowest BCUT2D eigenvalue weighted by Gasteiger charge is -2.20. The third kappa shape index (κ3) is 8.12. The predicted molar refractivity (Wildman–Crippen MR) is 113 cm³/mol. The molecule has 5 heteroatoms. The number of nitrogens with one attached hydrogen (secondary N) is 1. The Morgan fingerprint density at radius 1 is 1.00 bits per heavy atom. The lowest BCUT2D eigenvalue weighted by Crippen LogP contribution is -2.31.